The maximum Gasteiger partial charge on any atom is 0.472 e. The van der Waals surface area contributed by atoms with Crippen LogP contribution in [-0.4, -0.2) is 49.3 Å². The average Bonchev–Trinajstić information content (AvgIpc) is 2.89. The molecule has 0 spiro atoms. The lowest BCUT2D eigenvalue weighted by molar-refractivity contribution is -0.161. The Morgan fingerprint density at radius 1 is 0.684 bits per heavy atom. The predicted molar refractivity (Wildman–Crippen MR) is 151 cm³/mol. The summed E-state index contributed by atoms with van der Waals surface area (Å²) in [5.74, 6) is -0.841. The van der Waals surface area contributed by atoms with Crippen molar-refractivity contribution in [3.8, 4) is 0 Å². The molecule has 226 valence electrons. The summed E-state index contributed by atoms with van der Waals surface area (Å²) in [5.41, 5.74) is 5.28. The SMILES string of the molecule is CCCCCCCCCCCCCCC(=O)OC[C@H](COP(=O)(O)OCCN)OC(=O)CCCCCCC. The summed E-state index contributed by atoms with van der Waals surface area (Å²) in [6, 6.07) is 0. The molecule has 0 bridgehead atoms. The van der Waals surface area contributed by atoms with Crippen molar-refractivity contribution in [2.45, 2.75) is 142 Å². The highest BCUT2D eigenvalue weighted by Gasteiger charge is 2.25. The van der Waals surface area contributed by atoms with Gasteiger partial charge in [0.05, 0.1) is 13.2 Å². The number of rotatable bonds is 28. The summed E-state index contributed by atoms with van der Waals surface area (Å²) in [6.45, 7) is 3.60. The Morgan fingerprint density at radius 3 is 1.61 bits per heavy atom. The summed E-state index contributed by atoms with van der Waals surface area (Å²) in [4.78, 5) is 34.1. The summed E-state index contributed by atoms with van der Waals surface area (Å²) >= 11 is 0. The van der Waals surface area contributed by atoms with Crippen LogP contribution in [0.3, 0.4) is 0 Å². The number of phosphoric ester groups is 1. The molecule has 0 radical (unpaired) electrons. The number of unbranched alkanes of at least 4 members (excludes halogenated alkanes) is 15. The number of ether oxygens (including phenoxy) is 2. The van der Waals surface area contributed by atoms with Crippen molar-refractivity contribution in [1.29, 1.82) is 0 Å². The van der Waals surface area contributed by atoms with E-state index >= 15 is 0 Å². The number of esters is 2. The summed E-state index contributed by atoms with van der Waals surface area (Å²) in [6.07, 6.45) is 18.9. The van der Waals surface area contributed by atoms with Crippen LogP contribution >= 0.6 is 7.82 Å². The largest absolute Gasteiger partial charge is 0.472 e. The molecule has 9 nitrogen and oxygen atoms in total. The average molecular weight is 566 g/mol. The Morgan fingerprint density at radius 2 is 1.13 bits per heavy atom. The maximum absolute atomic E-state index is 12.2. The van der Waals surface area contributed by atoms with E-state index in [-0.39, 0.29) is 38.6 Å². The van der Waals surface area contributed by atoms with E-state index < -0.39 is 26.5 Å². The lowest BCUT2D eigenvalue weighted by Gasteiger charge is -2.19. The molecule has 0 rings (SSSR count). The van der Waals surface area contributed by atoms with E-state index in [0.717, 1.165) is 44.9 Å². The van der Waals surface area contributed by atoms with Crippen molar-refractivity contribution in [2.24, 2.45) is 5.73 Å². The van der Waals surface area contributed by atoms with Gasteiger partial charge in [0.15, 0.2) is 6.10 Å². The second-order valence-corrected chi connectivity index (χ2v) is 11.4. The van der Waals surface area contributed by atoms with Crippen molar-refractivity contribution < 1.29 is 37.6 Å². The summed E-state index contributed by atoms with van der Waals surface area (Å²) in [7, 11) is -4.34. The van der Waals surface area contributed by atoms with Crippen LogP contribution in [0.2, 0.25) is 0 Å². The zero-order valence-electron chi connectivity index (χ0n) is 24.2. The molecule has 0 saturated carbocycles. The molecular formula is C28H56NO8P. The van der Waals surface area contributed by atoms with E-state index in [0.29, 0.717) is 6.42 Å². The summed E-state index contributed by atoms with van der Waals surface area (Å²) < 4.78 is 32.2. The molecule has 0 saturated heterocycles. The Balaban J connectivity index is 4.22. The fourth-order valence-electron chi connectivity index (χ4n) is 3.98. The van der Waals surface area contributed by atoms with Crippen LogP contribution in [0.1, 0.15) is 136 Å². The minimum absolute atomic E-state index is 0.0566. The van der Waals surface area contributed by atoms with Gasteiger partial charge < -0.3 is 20.1 Å². The van der Waals surface area contributed by atoms with Crippen LogP contribution < -0.4 is 5.73 Å². The van der Waals surface area contributed by atoms with Crippen LogP contribution in [0, 0.1) is 0 Å². The van der Waals surface area contributed by atoms with Gasteiger partial charge in [-0.3, -0.25) is 18.6 Å². The summed E-state index contributed by atoms with van der Waals surface area (Å²) in [5, 5.41) is 0. The van der Waals surface area contributed by atoms with Crippen molar-refractivity contribution in [2.75, 3.05) is 26.4 Å². The highest BCUT2D eigenvalue weighted by molar-refractivity contribution is 7.47. The van der Waals surface area contributed by atoms with Gasteiger partial charge in [-0.25, -0.2) is 4.57 Å². The Bertz CT molecular complexity index is 620. The first-order chi connectivity index (χ1) is 18.3. The molecule has 0 aromatic heterocycles. The number of hydrogen-bond donors (Lipinski definition) is 2. The molecule has 0 aliphatic rings. The molecule has 1 unspecified atom stereocenters. The van der Waals surface area contributed by atoms with Gasteiger partial charge in [0, 0.05) is 19.4 Å². The van der Waals surface area contributed by atoms with Crippen molar-refractivity contribution >= 4 is 19.8 Å². The van der Waals surface area contributed by atoms with Crippen molar-refractivity contribution in [3.05, 3.63) is 0 Å². The number of carbonyl (C=O) groups is 2. The normalized spacial score (nSPS) is 13.7. The molecule has 0 heterocycles. The first-order valence-corrected chi connectivity index (χ1v) is 16.5. The first kappa shape index (κ1) is 37.0. The van der Waals surface area contributed by atoms with Crippen molar-refractivity contribution in [3.63, 3.8) is 0 Å². The minimum atomic E-state index is -4.34. The Kier molecular flexibility index (Phi) is 25.6. The second-order valence-electron chi connectivity index (χ2n) is 9.98. The van der Waals surface area contributed by atoms with Gasteiger partial charge in [-0.15, -0.1) is 0 Å². The van der Waals surface area contributed by atoms with Gasteiger partial charge in [-0.1, -0.05) is 110 Å². The molecule has 38 heavy (non-hydrogen) atoms. The van der Waals surface area contributed by atoms with Crippen LogP contribution in [0.25, 0.3) is 0 Å². The second kappa shape index (κ2) is 26.2. The minimum Gasteiger partial charge on any atom is -0.462 e. The number of hydrogen-bond acceptors (Lipinski definition) is 8. The predicted octanol–water partition coefficient (Wildman–Crippen LogP) is 6.99. The van der Waals surface area contributed by atoms with E-state index in [2.05, 4.69) is 13.8 Å². The fourth-order valence-corrected chi connectivity index (χ4v) is 4.75. The standard InChI is InChI=1S/C28H56NO8P/c1-3-5-7-9-10-11-12-13-14-15-17-18-20-27(30)34-24-26(25-36-38(32,33)35-23-22-29)37-28(31)21-19-16-8-6-4-2/h26H,3-25,29H2,1-2H3,(H,32,33)/t26-/m1/s1. The third-order valence-corrected chi connectivity index (χ3v) is 7.23. The number of nitrogens with two attached hydrogens (primary N) is 1. The van der Waals surface area contributed by atoms with Gasteiger partial charge in [0.2, 0.25) is 0 Å². The monoisotopic (exact) mass is 565 g/mol. The molecule has 0 fully saturated rings. The quantitative estimate of drug-likeness (QED) is 0.0585. The van der Waals surface area contributed by atoms with E-state index in [9.17, 15) is 19.0 Å². The molecule has 0 aliphatic carbocycles. The van der Waals surface area contributed by atoms with E-state index in [1.807, 2.05) is 0 Å². The highest BCUT2D eigenvalue weighted by atomic mass is 31.2. The smallest absolute Gasteiger partial charge is 0.462 e. The maximum atomic E-state index is 12.2. The van der Waals surface area contributed by atoms with Gasteiger partial charge in [0.1, 0.15) is 6.61 Å². The third kappa shape index (κ3) is 25.3. The van der Waals surface area contributed by atoms with Crippen LogP contribution in [0.15, 0.2) is 0 Å². The number of phosphoric acid groups is 1. The van der Waals surface area contributed by atoms with E-state index in [1.54, 1.807) is 0 Å². The molecular weight excluding hydrogens is 509 g/mol. The lowest BCUT2D eigenvalue weighted by atomic mass is 10.0. The molecule has 0 aromatic carbocycles. The van der Waals surface area contributed by atoms with Crippen LogP contribution in [0.5, 0.6) is 0 Å². The number of carbonyl (C=O) groups excluding carboxylic acids is 2. The molecule has 0 aliphatic heterocycles. The van der Waals surface area contributed by atoms with Crippen molar-refractivity contribution in [1.82, 2.24) is 0 Å². The van der Waals surface area contributed by atoms with E-state index in [1.165, 1.54) is 57.8 Å². The molecule has 0 amide bonds. The van der Waals surface area contributed by atoms with Gasteiger partial charge in [-0.05, 0) is 12.8 Å². The third-order valence-electron chi connectivity index (χ3n) is 6.24. The molecule has 2 atom stereocenters. The molecule has 10 heteroatoms. The first-order valence-electron chi connectivity index (χ1n) is 15.0. The Hall–Kier alpha value is -0.990. The highest BCUT2D eigenvalue weighted by Crippen LogP contribution is 2.43. The lowest BCUT2D eigenvalue weighted by Crippen LogP contribution is -2.29. The zero-order valence-corrected chi connectivity index (χ0v) is 25.1. The van der Waals surface area contributed by atoms with E-state index in [4.69, 9.17) is 24.3 Å². The zero-order chi connectivity index (χ0) is 28.3. The fraction of sp³-hybridized carbons (Fsp3) is 0.929. The van der Waals surface area contributed by atoms with Crippen LogP contribution in [-0.2, 0) is 32.7 Å². The molecule has 0 aromatic rings. The Labute approximate surface area is 231 Å². The van der Waals surface area contributed by atoms with Crippen LogP contribution in [0.4, 0.5) is 0 Å². The topological polar surface area (TPSA) is 134 Å². The van der Waals surface area contributed by atoms with Gasteiger partial charge in [-0.2, -0.15) is 0 Å². The van der Waals surface area contributed by atoms with Gasteiger partial charge in [0.25, 0.3) is 0 Å². The van der Waals surface area contributed by atoms with Gasteiger partial charge >= 0.3 is 19.8 Å². The molecule has 3 N–H and O–H groups in total.